The highest BCUT2D eigenvalue weighted by atomic mass is 16.2. The zero-order chi connectivity index (χ0) is 11.0. The van der Waals surface area contributed by atoms with Crippen molar-refractivity contribution in [3.63, 3.8) is 0 Å². The number of nitrogens with one attached hydrogen (secondary N) is 2. The first-order valence-electron chi connectivity index (χ1n) is 5.00. The molecule has 0 atom stereocenters. The van der Waals surface area contributed by atoms with Crippen molar-refractivity contribution in [1.82, 2.24) is 15.3 Å². The molecule has 0 aliphatic carbocycles. The molecule has 2 aromatic heterocycles. The molecule has 2 aromatic rings. The van der Waals surface area contributed by atoms with Crippen molar-refractivity contribution in [2.75, 3.05) is 11.6 Å². The molecule has 0 saturated heterocycles. The van der Waals surface area contributed by atoms with E-state index < -0.39 is 0 Å². The SMILES string of the molecule is O=C1NCN(c2ccccn2)c2[nH]ccc21. The summed E-state index contributed by atoms with van der Waals surface area (Å²) in [5.41, 5.74) is 0.650. The van der Waals surface area contributed by atoms with Crippen molar-refractivity contribution in [3.8, 4) is 0 Å². The number of carbonyl (C=O) groups excluding carboxylic acids is 1. The van der Waals surface area contributed by atoms with Crippen LogP contribution in [0.3, 0.4) is 0 Å². The van der Waals surface area contributed by atoms with E-state index in [1.165, 1.54) is 0 Å². The van der Waals surface area contributed by atoms with Gasteiger partial charge in [-0.15, -0.1) is 0 Å². The maximum Gasteiger partial charge on any atom is 0.256 e. The van der Waals surface area contributed by atoms with Crippen molar-refractivity contribution < 1.29 is 4.79 Å². The molecule has 3 heterocycles. The fraction of sp³-hybridized carbons (Fsp3) is 0.0909. The van der Waals surface area contributed by atoms with Gasteiger partial charge < -0.3 is 10.3 Å². The number of amides is 1. The van der Waals surface area contributed by atoms with Crippen molar-refractivity contribution in [1.29, 1.82) is 0 Å². The maximum atomic E-state index is 11.5. The Balaban J connectivity index is 2.07. The quantitative estimate of drug-likeness (QED) is 0.751. The second kappa shape index (κ2) is 3.37. The summed E-state index contributed by atoms with van der Waals surface area (Å²) in [4.78, 5) is 20.8. The van der Waals surface area contributed by atoms with Crippen molar-refractivity contribution >= 4 is 17.5 Å². The summed E-state index contributed by atoms with van der Waals surface area (Å²) in [5, 5.41) is 2.80. The summed E-state index contributed by atoms with van der Waals surface area (Å²) >= 11 is 0. The number of H-pyrrole nitrogens is 1. The Morgan fingerprint density at radius 1 is 1.31 bits per heavy atom. The summed E-state index contributed by atoms with van der Waals surface area (Å²) in [5.74, 6) is 1.55. The first kappa shape index (κ1) is 8.96. The molecule has 0 fully saturated rings. The third-order valence-electron chi connectivity index (χ3n) is 2.56. The largest absolute Gasteiger partial charge is 0.347 e. The summed E-state index contributed by atoms with van der Waals surface area (Å²) in [7, 11) is 0. The van der Waals surface area contributed by atoms with E-state index in [1.54, 1.807) is 18.5 Å². The molecule has 0 radical (unpaired) electrons. The van der Waals surface area contributed by atoms with Crippen molar-refractivity contribution in [2.45, 2.75) is 0 Å². The summed E-state index contributed by atoms with van der Waals surface area (Å²) in [6.45, 7) is 0.434. The monoisotopic (exact) mass is 214 g/mol. The molecule has 0 bridgehead atoms. The van der Waals surface area contributed by atoms with E-state index in [2.05, 4.69) is 15.3 Å². The molecular formula is C11H10N4O. The minimum Gasteiger partial charge on any atom is -0.347 e. The topological polar surface area (TPSA) is 61.0 Å². The molecule has 0 unspecified atom stereocenters. The predicted molar refractivity (Wildman–Crippen MR) is 59.5 cm³/mol. The van der Waals surface area contributed by atoms with E-state index >= 15 is 0 Å². The van der Waals surface area contributed by atoms with Gasteiger partial charge in [0.15, 0.2) is 0 Å². The average molecular weight is 214 g/mol. The van der Waals surface area contributed by atoms with Crippen LogP contribution in [0.2, 0.25) is 0 Å². The lowest BCUT2D eigenvalue weighted by Gasteiger charge is -2.27. The van der Waals surface area contributed by atoms with Gasteiger partial charge in [-0.05, 0) is 18.2 Å². The number of hydrogen-bond donors (Lipinski definition) is 2. The molecule has 3 rings (SSSR count). The molecule has 0 saturated carbocycles. The van der Waals surface area contributed by atoms with Gasteiger partial charge in [0.25, 0.3) is 5.91 Å². The smallest absolute Gasteiger partial charge is 0.256 e. The summed E-state index contributed by atoms with van der Waals surface area (Å²) in [6.07, 6.45) is 3.49. The van der Waals surface area contributed by atoms with Crippen LogP contribution in [0.4, 0.5) is 11.6 Å². The van der Waals surface area contributed by atoms with Gasteiger partial charge in [0, 0.05) is 12.4 Å². The Hall–Kier alpha value is -2.30. The number of hydrogen-bond acceptors (Lipinski definition) is 3. The van der Waals surface area contributed by atoms with E-state index in [0.717, 1.165) is 11.6 Å². The maximum absolute atomic E-state index is 11.5. The predicted octanol–water partition coefficient (Wildman–Crippen LogP) is 1.25. The van der Waals surface area contributed by atoms with Crippen molar-refractivity contribution in [2.24, 2.45) is 0 Å². The lowest BCUT2D eigenvalue weighted by molar-refractivity contribution is 0.0949. The Morgan fingerprint density at radius 2 is 2.25 bits per heavy atom. The van der Waals surface area contributed by atoms with E-state index in [4.69, 9.17) is 0 Å². The lowest BCUT2D eigenvalue weighted by Crippen LogP contribution is -2.40. The van der Waals surface area contributed by atoms with Crippen molar-refractivity contribution in [3.05, 3.63) is 42.2 Å². The van der Waals surface area contributed by atoms with Gasteiger partial charge in [0.05, 0.1) is 12.2 Å². The first-order valence-corrected chi connectivity index (χ1v) is 5.00. The van der Waals surface area contributed by atoms with Gasteiger partial charge >= 0.3 is 0 Å². The zero-order valence-corrected chi connectivity index (χ0v) is 8.47. The van der Waals surface area contributed by atoms with Crippen LogP contribution in [0.1, 0.15) is 10.4 Å². The number of carbonyl (C=O) groups is 1. The van der Waals surface area contributed by atoms with Crippen LogP contribution >= 0.6 is 0 Å². The highest BCUT2D eigenvalue weighted by Gasteiger charge is 2.24. The van der Waals surface area contributed by atoms with Gasteiger partial charge in [-0.2, -0.15) is 0 Å². The molecular weight excluding hydrogens is 204 g/mol. The number of rotatable bonds is 1. The molecule has 1 amide bonds. The fourth-order valence-corrected chi connectivity index (χ4v) is 1.80. The van der Waals surface area contributed by atoms with E-state index in [9.17, 15) is 4.79 Å². The van der Waals surface area contributed by atoms with Crippen LogP contribution in [-0.2, 0) is 0 Å². The molecule has 5 nitrogen and oxygen atoms in total. The normalized spacial score (nSPS) is 14.5. The minimum atomic E-state index is -0.0524. The number of anilines is 2. The average Bonchev–Trinajstić information content (AvgIpc) is 2.81. The van der Waals surface area contributed by atoms with Crippen LogP contribution < -0.4 is 10.2 Å². The molecule has 0 spiro atoms. The van der Waals surface area contributed by atoms with Gasteiger partial charge in [0.1, 0.15) is 11.6 Å². The van der Waals surface area contributed by atoms with Crippen LogP contribution in [-0.4, -0.2) is 22.5 Å². The van der Waals surface area contributed by atoms with E-state index in [1.807, 2.05) is 23.1 Å². The Bertz CT molecular complexity index is 520. The van der Waals surface area contributed by atoms with Gasteiger partial charge in [-0.1, -0.05) is 6.07 Å². The third-order valence-corrected chi connectivity index (χ3v) is 2.56. The van der Waals surface area contributed by atoms with Crippen LogP contribution in [0.5, 0.6) is 0 Å². The van der Waals surface area contributed by atoms with E-state index in [0.29, 0.717) is 12.2 Å². The fourth-order valence-electron chi connectivity index (χ4n) is 1.80. The molecule has 2 N–H and O–H groups in total. The number of pyridine rings is 1. The number of fused-ring (bicyclic) bond motifs is 1. The zero-order valence-electron chi connectivity index (χ0n) is 8.47. The van der Waals surface area contributed by atoms with Gasteiger partial charge in [-0.3, -0.25) is 9.69 Å². The molecule has 5 heteroatoms. The van der Waals surface area contributed by atoms with Crippen LogP contribution in [0.25, 0.3) is 0 Å². The van der Waals surface area contributed by atoms with Gasteiger partial charge in [-0.25, -0.2) is 4.98 Å². The molecule has 0 aromatic carbocycles. The second-order valence-electron chi connectivity index (χ2n) is 3.52. The van der Waals surface area contributed by atoms with E-state index in [-0.39, 0.29) is 5.91 Å². The standard InChI is InChI=1S/C11H10N4O/c16-11-8-4-6-13-10(8)15(7-14-11)9-3-1-2-5-12-9/h1-6,13H,7H2,(H,14,16). The second-order valence-corrected chi connectivity index (χ2v) is 3.52. The highest BCUT2D eigenvalue weighted by molar-refractivity contribution is 6.01. The number of aromatic nitrogens is 2. The summed E-state index contributed by atoms with van der Waals surface area (Å²) < 4.78 is 0. The Morgan fingerprint density at radius 3 is 3.06 bits per heavy atom. The molecule has 16 heavy (non-hydrogen) atoms. The number of aromatic amines is 1. The third kappa shape index (κ3) is 1.25. The van der Waals surface area contributed by atoms with Crippen LogP contribution in [0, 0.1) is 0 Å². The Kier molecular flexibility index (Phi) is 1.89. The molecule has 80 valence electrons. The van der Waals surface area contributed by atoms with Gasteiger partial charge in [0.2, 0.25) is 0 Å². The Labute approximate surface area is 92.1 Å². The lowest BCUT2D eigenvalue weighted by atomic mass is 10.2. The minimum absolute atomic E-state index is 0.0524. The number of nitrogens with zero attached hydrogens (tertiary/aromatic N) is 2. The molecule has 1 aliphatic rings. The highest BCUT2D eigenvalue weighted by Crippen LogP contribution is 2.27. The first-order chi connectivity index (χ1) is 7.86. The molecule has 1 aliphatic heterocycles. The van der Waals surface area contributed by atoms with Crippen LogP contribution in [0.15, 0.2) is 36.7 Å². The summed E-state index contributed by atoms with van der Waals surface area (Å²) in [6, 6.07) is 7.45.